The lowest BCUT2D eigenvalue weighted by Gasteiger charge is -2.11. The molecule has 2 heteroatoms. The van der Waals surface area contributed by atoms with Gasteiger partial charge < -0.3 is 0 Å². The molecule has 0 nitrogen and oxygen atoms in total. The minimum atomic E-state index is 0.960. The van der Waals surface area contributed by atoms with Gasteiger partial charge in [-0.3, -0.25) is 0 Å². The van der Waals surface area contributed by atoms with Gasteiger partial charge in [0.25, 0.3) is 0 Å². The minimum absolute atomic E-state index is 0.960. The summed E-state index contributed by atoms with van der Waals surface area (Å²) in [5.74, 6) is 0. The van der Waals surface area contributed by atoms with E-state index in [2.05, 4.69) is 98.3 Å². The molecule has 1 aromatic carbocycles. The van der Waals surface area contributed by atoms with E-state index in [0.717, 1.165) is 19.3 Å². The van der Waals surface area contributed by atoms with E-state index in [9.17, 15) is 0 Å². The molecule has 0 saturated carbocycles. The molecule has 2 heterocycles. The highest BCUT2D eigenvalue weighted by atomic mass is 32.1. The number of allylic oxidation sites excluding steroid dienone is 5. The lowest BCUT2D eigenvalue weighted by Crippen LogP contribution is -2.25. The van der Waals surface area contributed by atoms with Crippen LogP contribution in [-0.2, 0) is 6.42 Å². The third-order valence-corrected chi connectivity index (χ3v) is 7.70. The number of rotatable bonds is 4. The number of hydrogen-bond acceptors (Lipinski definition) is 2. The monoisotopic (exact) mass is 428 g/mol. The maximum absolute atomic E-state index is 2.42. The molecule has 0 amide bonds. The molecule has 0 saturated heterocycles. The van der Waals surface area contributed by atoms with Crippen molar-refractivity contribution in [2.75, 3.05) is 0 Å². The molecule has 4 rings (SSSR count). The van der Waals surface area contributed by atoms with Crippen molar-refractivity contribution in [3.63, 3.8) is 0 Å². The van der Waals surface area contributed by atoms with Crippen molar-refractivity contribution in [3.8, 4) is 0 Å². The van der Waals surface area contributed by atoms with Crippen molar-refractivity contribution in [1.82, 2.24) is 0 Å². The van der Waals surface area contributed by atoms with E-state index in [0.29, 0.717) is 0 Å². The second kappa shape index (κ2) is 9.59. The predicted molar refractivity (Wildman–Crippen MR) is 137 cm³/mol. The van der Waals surface area contributed by atoms with Crippen LogP contribution in [-0.4, -0.2) is 0 Å². The van der Waals surface area contributed by atoms with E-state index in [-0.39, 0.29) is 0 Å². The van der Waals surface area contributed by atoms with Crippen molar-refractivity contribution in [2.24, 2.45) is 0 Å². The number of fused-ring (bicyclic) bond motifs is 1. The quantitative estimate of drug-likeness (QED) is 0.411. The topological polar surface area (TPSA) is 0 Å². The van der Waals surface area contributed by atoms with Gasteiger partial charge in [0.15, 0.2) is 0 Å². The average molecular weight is 429 g/mol. The number of benzene rings is 1. The summed E-state index contributed by atoms with van der Waals surface area (Å²) in [5.41, 5.74) is 6.96. The zero-order valence-electron chi connectivity index (χ0n) is 17.9. The highest BCUT2D eigenvalue weighted by Gasteiger charge is 2.08. The number of thiophene rings is 2. The Morgan fingerprint density at radius 3 is 2.67 bits per heavy atom. The van der Waals surface area contributed by atoms with Crippen molar-refractivity contribution in [3.05, 3.63) is 96.2 Å². The average Bonchev–Trinajstić information content (AvgIpc) is 3.41. The summed E-state index contributed by atoms with van der Waals surface area (Å²) >= 11 is 3.67. The maximum atomic E-state index is 2.42. The van der Waals surface area contributed by atoms with Crippen molar-refractivity contribution in [2.45, 2.75) is 40.0 Å². The van der Waals surface area contributed by atoms with Crippen LogP contribution >= 0.6 is 22.7 Å². The van der Waals surface area contributed by atoms with Crippen LogP contribution in [0.1, 0.15) is 53.1 Å². The molecule has 0 aliphatic heterocycles. The smallest absolute Gasteiger partial charge is 0.0305 e. The molecule has 0 N–H and O–H groups in total. The van der Waals surface area contributed by atoms with Crippen LogP contribution in [0, 0.1) is 6.92 Å². The molecule has 1 aliphatic carbocycles. The van der Waals surface area contributed by atoms with E-state index in [4.69, 9.17) is 0 Å². The van der Waals surface area contributed by atoms with Crippen LogP contribution < -0.4 is 10.4 Å². The Bertz CT molecular complexity index is 1230. The zero-order chi connectivity index (χ0) is 20.9. The molecule has 1 aliphatic rings. The largest absolute Gasteiger partial charge is 0.144 e. The van der Waals surface area contributed by atoms with Crippen LogP contribution in [0.25, 0.3) is 29.4 Å². The molecule has 0 fully saturated rings. The first-order valence-corrected chi connectivity index (χ1v) is 12.3. The fraction of sp³-hybridized carbons (Fsp3) is 0.214. The highest BCUT2D eigenvalue weighted by molar-refractivity contribution is 7.11. The van der Waals surface area contributed by atoms with Crippen molar-refractivity contribution < 1.29 is 0 Å². The van der Waals surface area contributed by atoms with E-state index >= 15 is 0 Å². The van der Waals surface area contributed by atoms with Gasteiger partial charge in [-0.1, -0.05) is 48.6 Å². The van der Waals surface area contributed by atoms with Gasteiger partial charge in [-0.25, -0.2) is 0 Å². The molecule has 30 heavy (non-hydrogen) atoms. The maximum Gasteiger partial charge on any atom is 0.0305 e. The Hall–Kier alpha value is -2.42. The zero-order valence-corrected chi connectivity index (χ0v) is 19.6. The van der Waals surface area contributed by atoms with E-state index < -0.39 is 0 Å². The van der Waals surface area contributed by atoms with Gasteiger partial charge in [0.2, 0.25) is 0 Å². The Balaban J connectivity index is 1.67. The summed E-state index contributed by atoms with van der Waals surface area (Å²) in [6.07, 6.45) is 16.9. The molecule has 0 atom stereocenters. The second-order valence-corrected chi connectivity index (χ2v) is 9.56. The summed E-state index contributed by atoms with van der Waals surface area (Å²) in [7, 11) is 0. The lowest BCUT2D eigenvalue weighted by atomic mass is 9.95. The Kier molecular flexibility index (Phi) is 6.66. The number of hydrogen-bond donors (Lipinski definition) is 0. The third-order valence-electron chi connectivity index (χ3n) is 5.63. The second-order valence-electron chi connectivity index (χ2n) is 7.70. The van der Waals surface area contributed by atoms with Crippen LogP contribution in [0.2, 0.25) is 0 Å². The summed E-state index contributed by atoms with van der Waals surface area (Å²) in [6.45, 7) is 6.45. The Morgan fingerprint density at radius 2 is 1.97 bits per heavy atom. The van der Waals surface area contributed by atoms with E-state index in [1.54, 1.807) is 0 Å². The van der Waals surface area contributed by atoms with Gasteiger partial charge in [0, 0.05) is 9.75 Å². The molecule has 2 aromatic heterocycles. The van der Waals surface area contributed by atoms with E-state index in [1.807, 2.05) is 22.7 Å². The van der Waals surface area contributed by atoms with E-state index in [1.165, 1.54) is 48.0 Å². The van der Waals surface area contributed by atoms with Crippen molar-refractivity contribution in [1.29, 1.82) is 0 Å². The highest BCUT2D eigenvalue weighted by Crippen LogP contribution is 2.28. The third kappa shape index (κ3) is 4.66. The minimum Gasteiger partial charge on any atom is -0.144 e. The van der Waals surface area contributed by atoms with Crippen LogP contribution in [0.4, 0.5) is 0 Å². The summed E-state index contributed by atoms with van der Waals surface area (Å²) < 4.78 is 0. The van der Waals surface area contributed by atoms with Gasteiger partial charge in [0.05, 0.1) is 0 Å². The molecule has 0 spiro atoms. The SMILES string of the molecule is C/C=c1/cc2c(cc1=CC/C(=C\C)c1cccs1)C=CC/C(c1cc(C)cs1)=C\C2. The van der Waals surface area contributed by atoms with Gasteiger partial charge in [-0.15, -0.1) is 22.7 Å². The summed E-state index contributed by atoms with van der Waals surface area (Å²) in [6, 6.07) is 11.4. The standard InChI is InChI=1S/C28H28S2/c1-4-21(27-10-7-15-29-27)11-13-25-18-24-9-6-8-23(28-16-20(3)19-30-28)12-14-26(24)17-22(25)5-2/h4-7,9-10,12-13,15-19H,8,11,14H2,1-3H3/b9-6?,21-4+,22-5-,23-12+,25-13?. The molecule has 0 bridgehead atoms. The Morgan fingerprint density at radius 1 is 1.07 bits per heavy atom. The van der Waals surface area contributed by atoms with Crippen molar-refractivity contribution >= 4 is 52.0 Å². The first-order valence-electron chi connectivity index (χ1n) is 10.6. The molecule has 0 unspecified atom stereocenters. The summed E-state index contributed by atoms with van der Waals surface area (Å²) in [4.78, 5) is 2.77. The fourth-order valence-electron chi connectivity index (χ4n) is 3.93. The van der Waals surface area contributed by atoms with Crippen LogP contribution in [0.15, 0.2) is 59.3 Å². The predicted octanol–water partition coefficient (Wildman–Crippen LogP) is 7.24. The van der Waals surface area contributed by atoms with Gasteiger partial charge in [-0.2, -0.15) is 0 Å². The molecular formula is C28H28S2. The molecule has 3 aromatic rings. The first kappa shape index (κ1) is 20.8. The summed E-state index contributed by atoms with van der Waals surface area (Å²) in [5, 5.41) is 7.05. The van der Waals surface area contributed by atoms with Crippen LogP contribution in [0.5, 0.6) is 0 Å². The molecule has 152 valence electrons. The van der Waals surface area contributed by atoms with Gasteiger partial charge in [-0.05, 0) is 107 Å². The molecule has 0 radical (unpaired) electrons. The Labute approximate surface area is 187 Å². The number of aryl methyl sites for hydroxylation is 1. The van der Waals surface area contributed by atoms with Gasteiger partial charge in [0.1, 0.15) is 0 Å². The first-order chi connectivity index (χ1) is 14.7. The lowest BCUT2D eigenvalue weighted by molar-refractivity contribution is 1.21. The van der Waals surface area contributed by atoms with Gasteiger partial charge >= 0.3 is 0 Å². The normalized spacial score (nSPS) is 17.4. The van der Waals surface area contributed by atoms with Crippen LogP contribution in [0.3, 0.4) is 0 Å². The molecular weight excluding hydrogens is 400 g/mol. The fourth-order valence-corrected chi connectivity index (χ4v) is 5.70.